The number of benzene rings is 1. The second-order valence-corrected chi connectivity index (χ2v) is 7.47. The van der Waals surface area contributed by atoms with Crippen molar-refractivity contribution in [3.05, 3.63) is 33.3 Å². The first-order valence-electron chi connectivity index (χ1n) is 7.24. The molecule has 1 rings (SSSR count). The van der Waals surface area contributed by atoms with E-state index in [1.54, 1.807) is 0 Å². The first-order valence-corrected chi connectivity index (χ1v) is 8.04. The first kappa shape index (κ1) is 16.7. The van der Waals surface area contributed by atoms with E-state index in [2.05, 4.69) is 74.9 Å². The van der Waals surface area contributed by atoms with Gasteiger partial charge in [-0.15, -0.1) is 0 Å². The molecule has 0 bridgehead atoms. The summed E-state index contributed by atoms with van der Waals surface area (Å²) >= 11 is 3.65. The van der Waals surface area contributed by atoms with Crippen molar-refractivity contribution in [2.24, 2.45) is 5.41 Å². The molecule has 0 fully saturated rings. The fraction of sp³-hybridized carbons (Fsp3) is 0.647. The van der Waals surface area contributed by atoms with Gasteiger partial charge in [0.1, 0.15) is 0 Å². The molecule has 0 aromatic heterocycles. The summed E-state index contributed by atoms with van der Waals surface area (Å²) in [5.74, 6) is 0. The van der Waals surface area contributed by atoms with Gasteiger partial charge in [0.15, 0.2) is 0 Å². The molecule has 1 aromatic carbocycles. The smallest absolute Gasteiger partial charge is 0.0320 e. The van der Waals surface area contributed by atoms with Crippen LogP contribution in [0.25, 0.3) is 0 Å². The van der Waals surface area contributed by atoms with E-state index >= 15 is 0 Å². The van der Waals surface area contributed by atoms with Crippen LogP contribution in [0, 0.1) is 19.3 Å². The summed E-state index contributed by atoms with van der Waals surface area (Å²) in [7, 11) is 0. The van der Waals surface area contributed by atoms with Crippen molar-refractivity contribution < 1.29 is 0 Å². The van der Waals surface area contributed by atoms with E-state index in [-0.39, 0.29) is 0 Å². The Hall–Kier alpha value is -0.340. The predicted molar refractivity (Wildman–Crippen MR) is 88.7 cm³/mol. The van der Waals surface area contributed by atoms with Crippen molar-refractivity contribution in [2.45, 2.75) is 60.4 Å². The van der Waals surface area contributed by atoms with Crippen LogP contribution in [0.3, 0.4) is 0 Å². The molecule has 0 aliphatic carbocycles. The van der Waals surface area contributed by atoms with Crippen LogP contribution in [-0.4, -0.2) is 6.54 Å². The molecule has 108 valence electrons. The maximum atomic E-state index is 3.65. The molecule has 0 spiro atoms. The normalized spacial score (nSPS) is 13.6. The van der Waals surface area contributed by atoms with Crippen molar-refractivity contribution in [3.63, 3.8) is 0 Å². The summed E-state index contributed by atoms with van der Waals surface area (Å²) in [4.78, 5) is 0. The minimum Gasteiger partial charge on any atom is -0.310 e. The quantitative estimate of drug-likeness (QED) is 0.749. The minimum atomic E-state index is 0.396. The van der Waals surface area contributed by atoms with Crippen LogP contribution in [0.5, 0.6) is 0 Å². The van der Waals surface area contributed by atoms with Gasteiger partial charge in [0.25, 0.3) is 0 Å². The number of nitrogens with one attached hydrogen (secondary N) is 1. The molecule has 1 unspecified atom stereocenters. The Balaban J connectivity index is 2.92. The van der Waals surface area contributed by atoms with Crippen molar-refractivity contribution in [1.29, 1.82) is 0 Å². The first-order chi connectivity index (χ1) is 8.74. The third-order valence-corrected chi connectivity index (χ3v) is 4.75. The van der Waals surface area contributed by atoms with Crippen LogP contribution in [0.1, 0.15) is 63.3 Å². The molecular formula is C17H28BrN. The molecule has 0 radical (unpaired) electrons. The summed E-state index contributed by atoms with van der Waals surface area (Å²) < 4.78 is 1.24. The van der Waals surface area contributed by atoms with E-state index in [1.165, 1.54) is 34.0 Å². The lowest BCUT2D eigenvalue weighted by Gasteiger charge is -2.25. The molecule has 1 aromatic rings. The lowest BCUT2D eigenvalue weighted by Crippen LogP contribution is -2.23. The summed E-state index contributed by atoms with van der Waals surface area (Å²) in [5.41, 5.74) is 4.47. The number of halogens is 1. The van der Waals surface area contributed by atoms with Gasteiger partial charge < -0.3 is 5.32 Å². The standard InChI is InChI=1S/C17H28BrN/c1-7-19-15(8-9-17(4,5)6)14-10-12(2)16(18)13(3)11-14/h10-11,15,19H,7-9H2,1-6H3. The van der Waals surface area contributed by atoms with Gasteiger partial charge in [0, 0.05) is 10.5 Å². The second kappa shape index (κ2) is 6.90. The molecule has 19 heavy (non-hydrogen) atoms. The van der Waals surface area contributed by atoms with Gasteiger partial charge in [-0.2, -0.15) is 0 Å². The molecule has 1 atom stereocenters. The highest BCUT2D eigenvalue weighted by molar-refractivity contribution is 9.10. The third kappa shape index (κ3) is 5.27. The molecule has 0 saturated carbocycles. The van der Waals surface area contributed by atoms with E-state index in [0.29, 0.717) is 11.5 Å². The molecule has 0 aliphatic heterocycles. The van der Waals surface area contributed by atoms with Crippen molar-refractivity contribution in [3.8, 4) is 0 Å². The zero-order valence-electron chi connectivity index (χ0n) is 13.2. The Kier molecular flexibility index (Phi) is 6.07. The van der Waals surface area contributed by atoms with E-state index in [4.69, 9.17) is 0 Å². The van der Waals surface area contributed by atoms with Gasteiger partial charge in [-0.25, -0.2) is 0 Å². The maximum absolute atomic E-state index is 3.65. The zero-order chi connectivity index (χ0) is 14.6. The summed E-state index contributed by atoms with van der Waals surface area (Å²) in [6, 6.07) is 5.09. The molecule has 0 amide bonds. The summed E-state index contributed by atoms with van der Waals surface area (Å²) in [6.07, 6.45) is 2.43. The second-order valence-electron chi connectivity index (χ2n) is 6.68. The SMILES string of the molecule is CCNC(CCC(C)(C)C)c1cc(C)c(Br)c(C)c1. The maximum Gasteiger partial charge on any atom is 0.0320 e. The Morgan fingerprint density at radius 1 is 1.16 bits per heavy atom. The van der Waals surface area contributed by atoms with Crippen LogP contribution in [0.2, 0.25) is 0 Å². The van der Waals surface area contributed by atoms with E-state index < -0.39 is 0 Å². The van der Waals surface area contributed by atoms with Gasteiger partial charge in [-0.3, -0.25) is 0 Å². The molecule has 2 heteroatoms. The largest absolute Gasteiger partial charge is 0.310 e. The van der Waals surface area contributed by atoms with Crippen molar-refractivity contribution in [2.75, 3.05) is 6.54 Å². The van der Waals surface area contributed by atoms with Crippen LogP contribution in [0.15, 0.2) is 16.6 Å². The van der Waals surface area contributed by atoms with Gasteiger partial charge in [0.05, 0.1) is 0 Å². The lowest BCUT2D eigenvalue weighted by atomic mass is 9.86. The Bertz CT molecular complexity index is 395. The monoisotopic (exact) mass is 325 g/mol. The fourth-order valence-corrected chi connectivity index (χ4v) is 2.62. The van der Waals surface area contributed by atoms with Gasteiger partial charge in [-0.1, -0.05) is 55.8 Å². The van der Waals surface area contributed by atoms with Crippen molar-refractivity contribution >= 4 is 15.9 Å². The number of hydrogen-bond donors (Lipinski definition) is 1. The molecule has 0 heterocycles. The van der Waals surface area contributed by atoms with Gasteiger partial charge in [0.2, 0.25) is 0 Å². The Labute approximate surface area is 127 Å². The topological polar surface area (TPSA) is 12.0 Å². The number of aryl methyl sites for hydroxylation is 2. The molecule has 0 saturated heterocycles. The van der Waals surface area contributed by atoms with E-state index in [9.17, 15) is 0 Å². The molecule has 1 nitrogen and oxygen atoms in total. The average molecular weight is 326 g/mol. The fourth-order valence-electron chi connectivity index (χ4n) is 2.39. The highest BCUT2D eigenvalue weighted by atomic mass is 79.9. The Morgan fingerprint density at radius 2 is 1.68 bits per heavy atom. The highest BCUT2D eigenvalue weighted by Gasteiger charge is 2.17. The van der Waals surface area contributed by atoms with Crippen LogP contribution >= 0.6 is 15.9 Å². The zero-order valence-corrected chi connectivity index (χ0v) is 14.8. The van der Waals surface area contributed by atoms with Crippen molar-refractivity contribution in [1.82, 2.24) is 5.32 Å². The number of rotatable bonds is 5. The molecule has 0 aliphatic rings. The van der Waals surface area contributed by atoms with Crippen LogP contribution in [-0.2, 0) is 0 Å². The molecule has 1 N–H and O–H groups in total. The summed E-state index contributed by atoms with van der Waals surface area (Å²) in [6.45, 7) is 14.5. The lowest BCUT2D eigenvalue weighted by molar-refractivity contribution is 0.334. The van der Waals surface area contributed by atoms with E-state index in [1.807, 2.05) is 0 Å². The minimum absolute atomic E-state index is 0.396. The average Bonchev–Trinajstić information content (AvgIpc) is 2.29. The van der Waals surface area contributed by atoms with Crippen LogP contribution in [0.4, 0.5) is 0 Å². The van der Waals surface area contributed by atoms with Gasteiger partial charge in [-0.05, 0) is 55.3 Å². The highest BCUT2D eigenvalue weighted by Crippen LogP contribution is 2.30. The predicted octanol–water partition coefficient (Wildman–Crippen LogP) is 5.54. The van der Waals surface area contributed by atoms with E-state index in [0.717, 1.165) is 6.54 Å². The summed E-state index contributed by atoms with van der Waals surface area (Å²) in [5, 5.41) is 3.63. The third-order valence-electron chi connectivity index (χ3n) is 3.49. The van der Waals surface area contributed by atoms with Crippen LogP contribution < -0.4 is 5.32 Å². The Morgan fingerprint density at radius 3 is 2.11 bits per heavy atom. The molecular weight excluding hydrogens is 298 g/mol. The van der Waals surface area contributed by atoms with Gasteiger partial charge >= 0.3 is 0 Å². The number of hydrogen-bond acceptors (Lipinski definition) is 1.